The molecule has 0 aromatic carbocycles. The largest absolute Gasteiger partial charge is 0.448 e. The Labute approximate surface area is 106 Å². The van der Waals surface area contributed by atoms with Crippen LogP contribution in [0.15, 0.2) is 28.9 Å². The van der Waals surface area contributed by atoms with Gasteiger partial charge in [-0.2, -0.15) is 5.10 Å². The van der Waals surface area contributed by atoms with Crippen LogP contribution in [0.4, 0.5) is 0 Å². The van der Waals surface area contributed by atoms with Crippen LogP contribution in [-0.4, -0.2) is 16.3 Å². The van der Waals surface area contributed by atoms with E-state index in [4.69, 9.17) is 16.0 Å². The lowest BCUT2D eigenvalue weighted by atomic mass is 10.1. The van der Waals surface area contributed by atoms with E-state index in [0.717, 1.165) is 24.3 Å². The topological polar surface area (TPSA) is 43.0 Å². The van der Waals surface area contributed by atoms with Crippen LogP contribution in [0.2, 0.25) is 5.22 Å². The fourth-order valence-corrected chi connectivity index (χ4v) is 1.90. The monoisotopic (exact) mass is 253 g/mol. The third-order valence-corrected chi connectivity index (χ3v) is 2.74. The van der Waals surface area contributed by atoms with Gasteiger partial charge in [-0.3, -0.25) is 4.68 Å². The Bertz CT molecular complexity index is 437. The van der Waals surface area contributed by atoms with Crippen LogP contribution in [0.25, 0.3) is 0 Å². The molecule has 5 heteroatoms. The Morgan fingerprint density at radius 3 is 2.88 bits per heavy atom. The fraction of sp³-hybridized carbons (Fsp3) is 0.417. The molecule has 0 saturated heterocycles. The first-order valence-electron chi connectivity index (χ1n) is 5.68. The second-order valence-corrected chi connectivity index (χ2v) is 4.35. The van der Waals surface area contributed by atoms with E-state index in [0.29, 0.717) is 5.22 Å². The summed E-state index contributed by atoms with van der Waals surface area (Å²) in [5, 5.41) is 8.01. The summed E-state index contributed by atoms with van der Waals surface area (Å²) in [7, 11) is 1.90. The zero-order valence-electron chi connectivity index (χ0n) is 9.98. The predicted molar refractivity (Wildman–Crippen MR) is 67.1 cm³/mol. The Balaban J connectivity index is 2.24. The van der Waals surface area contributed by atoms with Gasteiger partial charge in [-0.25, -0.2) is 0 Å². The lowest BCUT2D eigenvalue weighted by molar-refractivity contribution is 0.448. The first-order chi connectivity index (χ1) is 8.20. The van der Waals surface area contributed by atoms with Gasteiger partial charge in [0.1, 0.15) is 5.76 Å². The molecule has 92 valence electrons. The number of hydrogen-bond donors (Lipinski definition) is 1. The summed E-state index contributed by atoms with van der Waals surface area (Å²) in [5.41, 5.74) is 1.08. The number of halogens is 1. The molecule has 1 N–H and O–H groups in total. The first kappa shape index (κ1) is 12.2. The summed E-state index contributed by atoms with van der Waals surface area (Å²) in [6, 6.07) is 3.66. The van der Waals surface area contributed by atoms with Gasteiger partial charge in [0.15, 0.2) is 5.22 Å². The molecule has 17 heavy (non-hydrogen) atoms. The van der Waals surface area contributed by atoms with E-state index in [2.05, 4.69) is 17.3 Å². The van der Waals surface area contributed by atoms with Gasteiger partial charge in [-0.05, 0) is 36.7 Å². The van der Waals surface area contributed by atoms with Crippen LogP contribution >= 0.6 is 11.6 Å². The lowest BCUT2D eigenvalue weighted by Gasteiger charge is -2.14. The number of aryl methyl sites for hydroxylation is 1. The fourth-order valence-electron chi connectivity index (χ4n) is 1.74. The highest BCUT2D eigenvalue weighted by Gasteiger charge is 2.18. The average molecular weight is 254 g/mol. The molecule has 0 radical (unpaired) electrons. The minimum atomic E-state index is 0.0103. The molecule has 2 rings (SSSR count). The number of nitrogens with one attached hydrogen (secondary N) is 1. The Kier molecular flexibility index (Phi) is 3.86. The quantitative estimate of drug-likeness (QED) is 0.891. The van der Waals surface area contributed by atoms with Crippen LogP contribution in [0, 0.1) is 0 Å². The van der Waals surface area contributed by atoms with Crippen LogP contribution in [0.5, 0.6) is 0 Å². The zero-order chi connectivity index (χ0) is 12.3. The molecule has 0 aliphatic rings. The minimum Gasteiger partial charge on any atom is -0.448 e. The van der Waals surface area contributed by atoms with Crippen molar-refractivity contribution in [3.05, 3.63) is 41.1 Å². The predicted octanol–water partition coefficient (Wildman–Crippen LogP) is 2.76. The van der Waals surface area contributed by atoms with Crippen molar-refractivity contribution in [3.63, 3.8) is 0 Å². The van der Waals surface area contributed by atoms with Crippen molar-refractivity contribution in [1.29, 1.82) is 0 Å². The van der Waals surface area contributed by atoms with Crippen LogP contribution in [0.1, 0.15) is 30.7 Å². The molecule has 0 bridgehead atoms. The highest BCUT2D eigenvalue weighted by Crippen LogP contribution is 2.25. The van der Waals surface area contributed by atoms with E-state index in [-0.39, 0.29) is 6.04 Å². The molecule has 0 aliphatic heterocycles. The number of aromatic nitrogens is 2. The van der Waals surface area contributed by atoms with Crippen molar-refractivity contribution >= 4 is 11.6 Å². The van der Waals surface area contributed by atoms with Crippen molar-refractivity contribution < 1.29 is 4.42 Å². The highest BCUT2D eigenvalue weighted by molar-refractivity contribution is 6.28. The zero-order valence-corrected chi connectivity index (χ0v) is 10.7. The molecule has 2 heterocycles. The number of nitrogens with zero attached hydrogens (tertiary/aromatic N) is 2. The minimum absolute atomic E-state index is 0.0103. The standard InChI is InChI=1S/C12H16ClN3O/c1-3-6-14-12(9-7-15-16(2)8-9)10-4-5-11(13)17-10/h4-5,7-8,12,14H,3,6H2,1-2H3. The number of hydrogen-bond acceptors (Lipinski definition) is 3. The van der Waals surface area contributed by atoms with E-state index < -0.39 is 0 Å². The first-order valence-corrected chi connectivity index (χ1v) is 6.05. The summed E-state index contributed by atoms with van der Waals surface area (Å²) >= 11 is 5.82. The maximum atomic E-state index is 5.82. The number of furan rings is 1. The summed E-state index contributed by atoms with van der Waals surface area (Å²) in [6.45, 7) is 3.04. The van der Waals surface area contributed by atoms with Crippen LogP contribution < -0.4 is 5.32 Å². The molecule has 1 atom stereocenters. The molecule has 0 spiro atoms. The third-order valence-electron chi connectivity index (χ3n) is 2.54. The van der Waals surface area contributed by atoms with Gasteiger partial charge in [-0.15, -0.1) is 0 Å². The molecule has 2 aromatic heterocycles. The van der Waals surface area contributed by atoms with Crippen LogP contribution in [0.3, 0.4) is 0 Å². The third kappa shape index (κ3) is 2.90. The molecule has 0 saturated carbocycles. The maximum Gasteiger partial charge on any atom is 0.193 e. The van der Waals surface area contributed by atoms with Crippen molar-refractivity contribution in [1.82, 2.24) is 15.1 Å². The molecule has 0 aliphatic carbocycles. The molecular formula is C12H16ClN3O. The van der Waals surface area contributed by atoms with Crippen molar-refractivity contribution in [2.75, 3.05) is 6.54 Å². The van der Waals surface area contributed by atoms with Gasteiger partial charge < -0.3 is 9.73 Å². The summed E-state index contributed by atoms with van der Waals surface area (Å²) < 4.78 is 7.25. The molecule has 4 nitrogen and oxygen atoms in total. The Hall–Kier alpha value is -1.26. The maximum absolute atomic E-state index is 5.82. The second-order valence-electron chi connectivity index (χ2n) is 3.98. The SMILES string of the molecule is CCCNC(c1cnn(C)c1)c1ccc(Cl)o1. The summed E-state index contributed by atoms with van der Waals surface area (Å²) in [6.07, 6.45) is 4.87. The average Bonchev–Trinajstić information content (AvgIpc) is 2.89. The van der Waals surface area contributed by atoms with Crippen molar-refractivity contribution in [2.24, 2.45) is 7.05 Å². The van der Waals surface area contributed by atoms with Gasteiger partial charge >= 0.3 is 0 Å². The molecule has 0 fully saturated rings. The molecule has 1 unspecified atom stereocenters. The lowest BCUT2D eigenvalue weighted by Crippen LogP contribution is -2.22. The Morgan fingerprint density at radius 1 is 1.53 bits per heavy atom. The van der Waals surface area contributed by atoms with Gasteiger partial charge in [0.25, 0.3) is 0 Å². The van der Waals surface area contributed by atoms with E-state index in [1.54, 1.807) is 10.7 Å². The van der Waals surface area contributed by atoms with E-state index in [1.165, 1.54) is 0 Å². The van der Waals surface area contributed by atoms with E-state index >= 15 is 0 Å². The van der Waals surface area contributed by atoms with Crippen LogP contribution in [-0.2, 0) is 7.05 Å². The van der Waals surface area contributed by atoms with E-state index in [1.807, 2.05) is 25.5 Å². The molecular weight excluding hydrogens is 238 g/mol. The summed E-state index contributed by atoms with van der Waals surface area (Å²) in [5.74, 6) is 0.816. The normalized spacial score (nSPS) is 12.9. The molecule has 0 amide bonds. The Morgan fingerprint density at radius 2 is 2.35 bits per heavy atom. The van der Waals surface area contributed by atoms with Gasteiger partial charge in [0.05, 0.1) is 12.2 Å². The smallest absolute Gasteiger partial charge is 0.193 e. The summed E-state index contributed by atoms with van der Waals surface area (Å²) in [4.78, 5) is 0. The van der Waals surface area contributed by atoms with Gasteiger partial charge in [-0.1, -0.05) is 6.92 Å². The molecule has 2 aromatic rings. The van der Waals surface area contributed by atoms with Crippen molar-refractivity contribution in [3.8, 4) is 0 Å². The highest BCUT2D eigenvalue weighted by atomic mass is 35.5. The van der Waals surface area contributed by atoms with E-state index in [9.17, 15) is 0 Å². The number of rotatable bonds is 5. The van der Waals surface area contributed by atoms with Gasteiger partial charge in [0, 0.05) is 18.8 Å². The van der Waals surface area contributed by atoms with Gasteiger partial charge in [0.2, 0.25) is 0 Å². The van der Waals surface area contributed by atoms with Crippen molar-refractivity contribution in [2.45, 2.75) is 19.4 Å². The second kappa shape index (κ2) is 5.38.